The van der Waals surface area contributed by atoms with Crippen molar-refractivity contribution in [3.05, 3.63) is 47.3 Å². The van der Waals surface area contributed by atoms with Crippen LogP contribution in [0.15, 0.2) is 30.5 Å². The molecule has 1 heterocycles. The highest BCUT2D eigenvalue weighted by Gasteiger charge is 2.30. The number of carboxylic acid groups (broad SMARTS) is 1. The average molecular weight is 327 g/mol. The van der Waals surface area contributed by atoms with Crippen LogP contribution in [0, 0.1) is 0 Å². The van der Waals surface area contributed by atoms with Gasteiger partial charge in [-0.25, -0.2) is 0 Å². The van der Waals surface area contributed by atoms with E-state index >= 15 is 0 Å². The van der Waals surface area contributed by atoms with E-state index < -0.39 is 23.6 Å². The molecule has 0 saturated heterocycles. The molecule has 6 nitrogen and oxygen atoms in total. The molecule has 122 valence electrons. The molecule has 3 N–H and O–H groups in total. The van der Waals surface area contributed by atoms with Crippen molar-refractivity contribution >= 4 is 17.6 Å². The molecule has 1 aromatic heterocycles. The highest BCUT2D eigenvalue weighted by atomic mass is 19.4. The topological polar surface area (TPSA) is 95.1 Å². The van der Waals surface area contributed by atoms with Gasteiger partial charge in [0, 0.05) is 17.8 Å². The van der Waals surface area contributed by atoms with Gasteiger partial charge >= 0.3 is 12.1 Å². The lowest BCUT2D eigenvalue weighted by Gasteiger charge is -2.09. The summed E-state index contributed by atoms with van der Waals surface area (Å²) in [4.78, 5) is 22.6. The second-order valence-electron chi connectivity index (χ2n) is 4.69. The first-order valence-electron chi connectivity index (χ1n) is 6.50. The summed E-state index contributed by atoms with van der Waals surface area (Å²) in [6.45, 7) is 0. The number of carboxylic acids is 1. The summed E-state index contributed by atoms with van der Waals surface area (Å²) in [5.41, 5.74) is -0.141. The first kappa shape index (κ1) is 16.5. The van der Waals surface area contributed by atoms with Crippen LogP contribution in [0.5, 0.6) is 0 Å². The van der Waals surface area contributed by atoms with Crippen LogP contribution in [0.2, 0.25) is 0 Å². The number of carbonyl (C=O) groups excluding carboxylic acids is 1. The highest BCUT2D eigenvalue weighted by Crippen LogP contribution is 2.29. The molecule has 9 heteroatoms. The molecule has 0 fully saturated rings. The zero-order chi connectivity index (χ0) is 17.0. The smallest absolute Gasteiger partial charge is 0.416 e. The number of aromatic amines is 1. The summed E-state index contributed by atoms with van der Waals surface area (Å²) >= 11 is 0. The van der Waals surface area contributed by atoms with Gasteiger partial charge in [0.25, 0.3) is 5.91 Å². The Bertz CT molecular complexity index is 708. The normalized spacial score (nSPS) is 11.3. The van der Waals surface area contributed by atoms with Crippen LogP contribution >= 0.6 is 0 Å². The molecule has 0 radical (unpaired) electrons. The zero-order valence-electron chi connectivity index (χ0n) is 11.6. The van der Waals surface area contributed by atoms with Gasteiger partial charge in [-0.1, -0.05) is 0 Å². The van der Waals surface area contributed by atoms with E-state index in [9.17, 15) is 22.8 Å². The molecular weight excluding hydrogens is 315 g/mol. The highest BCUT2D eigenvalue weighted by molar-refractivity contribution is 6.04. The number of alkyl halides is 3. The van der Waals surface area contributed by atoms with Crippen molar-refractivity contribution in [3.63, 3.8) is 0 Å². The van der Waals surface area contributed by atoms with E-state index in [1.54, 1.807) is 0 Å². The second-order valence-corrected chi connectivity index (χ2v) is 4.69. The quantitative estimate of drug-likeness (QED) is 0.787. The van der Waals surface area contributed by atoms with E-state index in [2.05, 4.69) is 15.5 Å². The Kier molecular flexibility index (Phi) is 4.68. The van der Waals surface area contributed by atoms with Gasteiger partial charge < -0.3 is 10.4 Å². The van der Waals surface area contributed by atoms with Crippen molar-refractivity contribution < 1.29 is 27.9 Å². The van der Waals surface area contributed by atoms with Crippen molar-refractivity contribution in [2.75, 3.05) is 5.32 Å². The van der Waals surface area contributed by atoms with Crippen molar-refractivity contribution in [2.45, 2.75) is 19.0 Å². The van der Waals surface area contributed by atoms with Gasteiger partial charge in [0.1, 0.15) is 0 Å². The maximum atomic E-state index is 12.5. The number of rotatable bonds is 5. The predicted octanol–water partition coefficient (Wildman–Crippen LogP) is 2.70. The van der Waals surface area contributed by atoms with E-state index in [0.717, 1.165) is 24.3 Å². The van der Waals surface area contributed by atoms with Crippen molar-refractivity contribution in [1.29, 1.82) is 0 Å². The predicted molar refractivity (Wildman–Crippen MR) is 73.9 cm³/mol. The van der Waals surface area contributed by atoms with Gasteiger partial charge in [-0.3, -0.25) is 14.7 Å². The third-order valence-electron chi connectivity index (χ3n) is 3.02. The number of benzene rings is 1. The van der Waals surface area contributed by atoms with Gasteiger partial charge in [0.15, 0.2) is 0 Å². The minimum absolute atomic E-state index is 0.0884. The summed E-state index contributed by atoms with van der Waals surface area (Å²) in [5, 5.41) is 17.3. The molecule has 0 bridgehead atoms. The molecule has 1 aromatic carbocycles. The first-order valence-corrected chi connectivity index (χ1v) is 6.50. The minimum Gasteiger partial charge on any atom is -0.481 e. The van der Waals surface area contributed by atoms with E-state index in [0.29, 0.717) is 5.69 Å². The number of nitrogens with zero attached hydrogens (tertiary/aromatic N) is 1. The van der Waals surface area contributed by atoms with E-state index in [1.807, 2.05) is 0 Å². The number of hydrogen-bond donors (Lipinski definition) is 3. The van der Waals surface area contributed by atoms with E-state index in [1.165, 1.54) is 6.20 Å². The molecule has 0 aliphatic carbocycles. The van der Waals surface area contributed by atoms with Crippen LogP contribution < -0.4 is 5.32 Å². The standard InChI is InChI=1S/C14H12F3N3O3/c15-14(16,17)8-1-3-9(4-2-8)19-13(23)10-7-18-20-11(10)5-6-12(21)22/h1-4,7H,5-6H2,(H,18,20)(H,19,23)(H,21,22). The van der Waals surface area contributed by atoms with Crippen LogP contribution in [0.25, 0.3) is 0 Å². The molecule has 1 amide bonds. The SMILES string of the molecule is O=C(O)CCc1[nH]ncc1C(=O)Nc1ccc(C(F)(F)F)cc1. The summed E-state index contributed by atoms with van der Waals surface area (Å²) in [7, 11) is 0. The lowest BCUT2D eigenvalue weighted by atomic mass is 10.1. The summed E-state index contributed by atoms with van der Waals surface area (Å²) < 4.78 is 37.4. The molecule has 0 saturated carbocycles. The number of carbonyl (C=O) groups is 2. The average Bonchev–Trinajstić information content (AvgIpc) is 2.93. The fourth-order valence-electron chi connectivity index (χ4n) is 1.87. The number of H-pyrrole nitrogens is 1. The van der Waals surface area contributed by atoms with Crippen molar-refractivity contribution in [1.82, 2.24) is 10.2 Å². The largest absolute Gasteiger partial charge is 0.481 e. The molecule has 0 unspecified atom stereocenters. The molecule has 0 spiro atoms. The van der Waals surface area contributed by atoms with Crippen LogP contribution in [-0.2, 0) is 17.4 Å². The van der Waals surface area contributed by atoms with Crippen LogP contribution in [0.4, 0.5) is 18.9 Å². The van der Waals surface area contributed by atoms with Gasteiger partial charge in [0.05, 0.1) is 23.7 Å². The second kappa shape index (κ2) is 6.51. The third kappa shape index (κ3) is 4.31. The Morgan fingerprint density at radius 2 is 1.87 bits per heavy atom. The van der Waals surface area contributed by atoms with Crippen LogP contribution in [0.3, 0.4) is 0 Å². The zero-order valence-corrected chi connectivity index (χ0v) is 11.6. The number of hydrogen-bond acceptors (Lipinski definition) is 3. The maximum absolute atomic E-state index is 12.5. The maximum Gasteiger partial charge on any atom is 0.416 e. The Labute approximate surface area is 128 Å². The molecule has 23 heavy (non-hydrogen) atoms. The molecule has 2 rings (SSSR count). The van der Waals surface area contributed by atoms with Gasteiger partial charge in [0.2, 0.25) is 0 Å². The monoisotopic (exact) mass is 327 g/mol. The minimum atomic E-state index is -4.45. The fourth-order valence-corrected chi connectivity index (χ4v) is 1.87. The molecule has 0 aliphatic rings. The lowest BCUT2D eigenvalue weighted by molar-refractivity contribution is -0.138. The van der Waals surface area contributed by atoms with Gasteiger partial charge in [-0.05, 0) is 24.3 Å². The number of aryl methyl sites for hydroxylation is 1. The molecular formula is C14H12F3N3O3. The summed E-state index contributed by atoms with van der Waals surface area (Å²) in [6.07, 6.45) is -3.30. The van der Waals surface area contributed by atoms with Gasteiger partial charge in [-0.2, -0.15) is 18.3 Å². The summed E-state index contributed by atoms with van der Waals surface area (Å²) in [6, 6.07) is 3.99. The lowest BCUT2D eigenvalue weighted by Crippen LogP contribution is -2.14. The van der Waals surface area contributed by atoms with Gasteiger partial charge in [-0.15, -0.1) is 0 Å². The number of aliphatic carboxylic acids is 1. The number of amides is 1. The summed E-state index contributed by atoms with van der Waals surface area (Å²) in [5.74, 6) is -1.60. The molecule has 0 atom stereocenters. The Balaban J connectivity index is 2.08. The third-order valence-corrected chi connectivity index (χ3v) is 3.02. The number of halogens is 3. The number of aromatic nitrogens is 2. The van der Waals surface area contributed by atoms with Crippen LogP contribution in [-0.4, -0.2) is 27.2 Å². The van der Waals surface area contributed by atoms with Crippen molar-refractivity contribution in [2.24, 2.45) is 0 Å². The van der Waals surface area contributed by atoms with E-state index in [-0.39, 0.29) is 24.1 Å². The Morgan fingerprint density at radius 1 is 1.22 bits per heavy atom. The first-order chi connectivity index (χ1) is 10.8. The Morgan fingerprint density at radius 3 is 2.43 bits per heavy atom. The Hall–Kier alpha value is -2.84. The molecule has 2 aromatic rings. The number of nitrogens with one attached hydrogen (secondary N) is 2. The van der Waals surface area contributed by atoms with Crippen LogP contribution in [0.1, 0.15) is 28.0 Å². The van der Waals surface area contributed by atoms with E-state index in [4.69, 9.17) is 5.11 Å². The fraction of sp³-hybridized carbons (Fsp3) is 0.214. The van der Waals surface area contributed by atoms with Crippen molar-refractivity contribution in [3.8, 4) is 0 Å². The molecule has 0 aliphatic heterocycles. The number of anilines is 1.